The van der Waals surface area contributed by atoms with Gasteiger partial charge in [0, 0.05) is 35.0 Å². The molecule has 7 heteroatoms. The monoisotopic (exact) mass is 354 g/mol. The summed E-state index contributed by atoms with van der Waals surface area (Å²) >= 11 is 6.20. The van der Waals surface area contributed by atoms with Crippen LogP contribution in [0.5, 0.6) is 5.75 Å². The molecule has 2 heterocycles. The molecule has 3 aromatic rings. The van der Waals surface area contributed by atoms with Gasteiger partial charge in [0.2, 0.25) is 0 Å². The number of pyridine rings is 2. The summed E-state index contributed by atoms with van der Waals surface area (Å²) in [6.07, 6.45) is 4.54. The quantitative estimate of drug-likeness (QED) is 0.432. The van der Waals surface area contributed by atoms with Gasteiger partial charge >= 0.3 is 0 Å². The van der Waals surface area contributed by atoms with Crippen LogP contribution in [0.3, 0.4) is 0 Å². The summed E-state index contributed by atoms with van der Waals surface area (Å²) in [6, 6.07) is 10.7. The number of hydrazone groups is 1. The van der Waals surface area contributed by atoms with Gasteiger partial charge in [-0.1, -0.05) is 11.6 Å². The summed E-state index contributed by atoms with van der Waals surface area (Å²) in [4.78, 5) is 20.1. The van der Waals surface area contributed by atoms with Crippen molar-refractivity contribution < 1.29 is 9.53 Å². The first-order valence-corrected chi connectivity index (χ1v) is 8.01. The second-order valence-corrected chi connectivity index (χ2v) is 5.45. The van der Waals surface area contributed by atoms with Crippen molar-refractivity contribution in [3.05, 3.63) is 65.1 Å². The van der Waals surface area contributed by atoms with E-state index in [4.69, 9.17) is 16.3 Å². The molecule has 0 aliphatic carbocycles. The van der Waals surface area contributed by atoms with Crippen LogP contribution in [0.1, 0.15) is 22.8 Å². The van der Waals surface area contributed by atoms with Gasteiger partial charge in [-0.3, -0.25) is 9.78 Å². The molecule has 1 amide bonds. The van der Waals surface area contributed by atoms with E-state index in [1.165, 1.54) is 6.21 Å². The Hall–Kier alpha value is -2.99. The molecule has 0 bridgehead atoms. The van der Waals surface area contributed by atoms with Crippen LogP contribution in [0, 0.1) is 0 Å². The summed E-state index contributed by atoms with van der Waals surface area (Å²) in [5, 5.41) is 5.13. The lowest BCUT2D eigenvalue weighted by Crippen LogP contribution is -2.17. The van der Waals surface area contributed by atoms with E-state index in [2.05, 4.69) is 20.5 Å². The topological polar surface area (TPSA) is 76.5 Å². The fourth-order valence-corrected chi connectivity index (χ4v) is 2.41. The third-order valence-corrected chi connectivity index (χ3v) is 3.70. The number of aromatic nitrogens is 2. The van der Waals surface area contributed by atoms with Crippen LogP contribution in [0.15, 0.2) is 53.9 Å². The molecule has 126 valence electrons. The van der Waals surface area contributed by atoms with Crippen LogP contribution >= 0.6 is 11.6 Å². The second kappa shape index (κ2) is 7.72. The number of carbonyl (C=O) groups is 1. The van der Waals surface area contributed by atoms with E-state index in [1.54, 1.807) is 24.5 Å². The molecule has 25 heavy (non-hydrogen) atoms. The standard InChI is InChI=1S/C18H15ClN4O2/c1-2-25-15-4-3-13-9-14(17(19)22-16(13)10-15)11-21-23-18(24)12-5-7-20-8-6-12/h3-11H,2H2,1H3,(H,23,24). The minimum Gasteiger partial charge on any atom is -0.494 e. The van der Waals surface area contributed by atoms with Crippen LogP contribution in [-0.2, 0) is 0 Å². The molecule has 0 saturated heterocycles. The van der Waals surface area contributed by atoms with Crippen LogP contribution in [-0.4, -0.2) is 28.7 Å². The van der Waals surface area contributed by atoms with Crippen LogP contribution < -0.4 is 10.2 Å². The van der Waals surface area contributed by atoms with E-state index < -0.39 is 0 Å². The Kier molecular flexibility index (Phi) is 5.20. The van der Waals surface area contributed by atoms with Gasteiger partial charge in [0.1, 0.15) is 10.9 Å². The van der Waals surface area contributed by atoms with Gasteiger partial charge in [0.15, 0.2) is 0 Å². The number of carbonyl (C=O) groups excluding carboxylic acids is 1. The van der Waals surface area contributed by atoms with Crippen molar-refractivity contribution in [3.63, 3.8) is 0 Å². The molecule has 0 aliphatic rings. The number of amides is 1. The fourth-order valence-electron chi connectivity index (χ4n) is 2.22. The predicted molar refractivity (Wildman–Crippen MR) is 97.2 cm³/mol. The van der Waals surface area contributed by atoms with Gasteiger partial charge in [-0.05, 0) is 37.3 Å². The Morgan fingerprint density at radius 3 is 2.84 bits per heavy atom. The number of hydrogen-bond acceptors (Lipinski definition) is 5. The summed E-state index contributed by atoms with van der Waals surface area (Å²) in [6.45, 7) is 2.51. The molecule has 0 atom stereocenters. The Morgan fingerprint density at radius 1 is 1.28 bits per heavy atom. The maximum absolute atomic E-state index is 11.9. The van der Waals surface area contributed by atoms with E-state index in [0.717, 1.165) is 16.7 Å². The lowest BCUT2D eigenvalue weighted by Gasteiger charge is -2.06. The number of rotatable bonds is 5. The maximum Gasteiger partial charge on any atom is 0.271 e. The summed E-state index contributed by atoms with van der Waals surface area (Å²) in [7, 11) is 0. The van der Waals surface area contributed by atoms with Gasteiger partial charge in [0.05, 0.1) is 18.3 Å². The molecular formula is C18H15ClN4O2. The highest BCUT2D eigenvalue weighted by atomic mass is 35.5. The lowest BCUT2D eigenvalue weighted by atomic mass is 10.1. The summed E-state index contributed by atoms with van der Waals surface area (Å²) < 4.78 is 5.46. The Bertz CT molecular complexity index is 929. The Labute approximate surface area is 149 Å². The average Bonchev–Trinajstić information content (AvgIpc) is 2.63. The van der Waals surface area contributed by atoms with E-state index in [0.29, 0.717) is 22.9 Å². The van der Waals surface area contributed by atoms with Crippen molar-refractivity contribution >= 4 is 34.6 Å². The first kappa shape index (κ1) is 16.9. The highest BCUT2D eigenvalue weighted by molar-refractivity contribution is 6.32. The van der Waals surface area contributed by atoms with E-state index in [-0.39, 0.29) is 5.91 Å². The van der Waals surface area contributed by atoms with Crippen LogP contribution in [0.4, 0.5) is 0 Å². The van der Waals surface area contributed by atoms with Crippen molar-refractivity contribution in [1.29, 1.82) is 0 Å². The summed E-state index contributed by atoms with van der Waals surface area (Å²) in [5.41, 5.74) is 4.25. The molecule has 3 rings (SSSR count). The largest absolute Gasteiger partial charge is 0.494 e. The van der Waals surface area contributed by atoms with Crippen molar-refractivity contribution in [2.75, 3.05) is 6.61 Å². The van der Waals surface area contributed by atoms with Crippen molar-refractivity contribution in [1.82, 2.24) is 15.4 Å². The van der Waals surface area contributed by atoms with Crippen LogP contribution in [0.2, 0.25) is 5.15 Å². The van der Waals surface area contributed by atoms with E-state index in [1.807, 2.05) is 31.2 Å². The van der Waals surface area contributed by atoms with Crippen molar-refractivity contribution in [2.24, 2.45) is 5.10 Å². The number of hydrogen-bond donors (Lipinski definition) is 1. The zero-order chi connectivity index (χ0) is 17.6. The number of benzene rings is 1. The van der Waals surface area contributed by atoms with E-state index in [9.17, 15) is 4.79 Å². The highest BCUT2D eigenvalue weighted by Crippen LogP contribution is 2.23. The summed E-state index contributed by atoms with van der Waals surface area (Å²) in [5.74, 6) is 0.412. The van der Waals surface area contributed by atoms with Gasteiger partial charge in [-0.2, -0.15) is 5.10 Å². The van der Waals surface area contributed by atoms with Crippen LogP contribution in [0.25, 0.3) is 10.9 Å². The molecule has 0 spiro atoms. The minimum absolute atomic E-state index is 0.294. The lowest BCUT2D eigenvalue weighted by molar-refractivity contribution is 0.0955. The molecule has 0 fully saturated rings. The number of nitrogens with zero attached hydrogens (tertiary/aromatic N) is 3. The average molecular weight is 355 g/mol. The first-order chi connectivity index (χ1) is 12.2. The van der Waals surface area contributed by atoms with Gasteiger partial charge in [0.25, 0.3) is 5.91 Å². The Balaban J connectivity index is 1.78. The highest BCUT2D eigenvalue weighted by Gasteiger charge is 2.06. The number of nitrogens with one attached hydrogen (secondary N) is 1. The SMILES string of the molecule is CCOc1ccc2cc(C=NNC(=O)c3ccncc3)c(Cl)nc2c1. The molecule has 0 saturated carbocycles. The van der Waals surface area contributed by atoms with Gasteiger partial charge in [-0.15, -0.1) is 0 Å². The Morgan fingerprint density at radius 2 is 2.08 bits per heavy atom. The second-order valence-electron chi connectivity index (χ2n) is 5.09. The molecule has 1 aromatic carbocycles. The number of fused-ring (bicyclic) bond motifs is 1. The van der Waals surface area contributed by atoms with Gasteiger partial charge in [-0.25, -0.2) is 10.4 Å². The van der Waals surface area contributed by atoms with Crippen molar-refractivity contribution in [3.8, 4) is 5.75 Å². The fraction of sp³-hybridized carbons (Fsp3) is 0.111. The third kappa shape index (κ3) is 4.10. The molecule has 6 nitrogen and oxygen atoms in total. The zero-order valence-corrected chi connectivity index (χ0v) is 14.2. The number of ether oxygens (including phenoxy) is 1. The molecule has 0 unspecified atom stereocenters. The van der Waals surface area contributed by atoms with E-state index >= 15 is 0 Å². The smallest absolute Gasteiger partial charge is 0.271 e. The first-order valence-electron chi connectivity index (χ1n) is 7.64. The zero-order valence-electron chi connectivity index (χ0n) is 13.4. The third-order valence-electron chi connectivity index (χ3n) is 3.39. The predicted octanol–water partition coefficient (Wildman–Crippen LogP) is 3.45. The van der Waals surface area contributed by atoms with Crippen molar-refractivity contribution in [2.45, 2.75) is 6.92 Å². The van der Waals surface area contributed by atoms with Gasteiger partial charge < -0.3 is 4.74 Å². The molecule has 1 N–H and O–H groups in total. The minimum atomic E-state index is -0.329. The molecular weight excluding hydrogens is 340 g/mol. The molecule has 0 aliphatic heterocycles. The number of halogens is 1. The maximum atomic E-state index is 11.9. The molecule has 0 radical (unpaired) electrons. The normalized spacial score (nSPS) is 11.0. The molecule has 2 aromatic heterocycles.